The van der Waals surface area contributed by atoms with Gasteiger partial charge in [-0.15, -0.1) is 11.3 Å². The molecule has 2 aromatic heterocycles. The summed E-state index contributed by atoms with van der Waals surface area (Å²) in [6.45, 7) is 4.72. The second kappa shape index (κ2) is 8.32. The molecule has 0 radical (unpaired) electrons. The Morgan fingerprint density at radius 3 is 2.69 bits per heavy atom. The first kappa shape index (κ1) is 20.4. The monoisotopic (exact) mass is 409 g/mol. The van der Waals surface area contributed by atoms with Crippen LogP contribution in [0.4, 0.5) is 0 Å². The van der Waals surface area contributed by atoms with Crippen molar-refractivity contribution in [3.05, 3.63) is 42.4 Å². The molecule has 3 rings (SSSR count). The van der Waals surface area contributed by atoms with E-state index in [0.717, 1.165) is 10.2 Å². The lowest BCUT2D eigenvalue weighted by Crippen LogP contribution is -2.50. The molecule has 0 aliphatic rings. The highest BCUT2D eigenvalue weighted by Crippen LogP contribution is 2.30. The highest BCUT2D eigenvalue weighted by molar-refractivity contribution is 7.21. The summed E-state index contributed by atoms with van der Waals surface area (Å²) < 4.78 is 6.07. The molecule has 0 fully saturated rings. The molecule has 0 spiro atoms. The maximum Gasteiger partial charge on any atom is 0.359 e. The van der Waals surface area contributed by atoms with Crippen molar-refractivity contribution in [1.29, 1.82) is 5.26 Å². The zero-order valence-corrected chi connectivity index (χ0v) is 17.0. The highest BCUT2D eigenvalue weighted by atomic mass is 32.1. The molecule has 1 atom stereocenters. The minimum atomic E-state index is -1.05. The van der Waals surface area contributed by atoms with Gasteiger partial charge in [0.1, 0.15) is 16.2 Å². The largest absolute Gasteiger partial charge is 0.451 e. The zero-order valence-electron chi connectivity index (χ0n) is 16.2. The number of hydrogen-bond acceptors (Lipinski definition) is 8. The van der Waals surface area contributed by atoms with Crippen LogP contribution in [0.15, 0.2) is 36.7 Å². The topological polar surface area (TPSA) is 118 Å². The predicted molar refractivity (Wildman–Crippen MR) is 108 cm³/mol. The molecule has 1 amide bonds. The second-order valence-corrected chi connectivity index (χ2v) is 7.86. The summed E-state index contributed by atoms with van der Waals surface area (Å²) in [4.78, 5) is 37.5. The first-order valence-electron chi connectivity index (χ1n) is 8.90. The number of hydrogen-bond donors (Lipinski definition) is 1. The molecule has 0 saturated heterocycles. The van der Waals surface area contributed by atoms with E-state index in [1.165, 1.54) is 23.7 Å². The van der Waals surface area contributed by atoms with Crippen molar-refractivity contribution in [3.8, 4) is 16.8 Å². The number of nitriles is 1. The molecule has 0 unspecified atom stereocenters. The summed E-state index contributed by atoms with van der Waals surface area (Å²) in [7, 11) is 0. The van der Waals surface area contributed by atoms with Crippen LogP contribution in [0, 0.1) is 17.2 Å². The second-order valence-electron chi connectivity index (χ2n) is 6.83. The minimum absolute atomic E-state index is 0.0220. The fraction of sp³-hybridized carbons (Fsp3) is 0.300. The lowest BCUT2D eigenvalue weighted by Gasteiger charge is -2.27. The Morgan fingerprint density at radius 2 is 2.00 bits per heavy atom. The average molecular weight is 409 g/mol. The van der Waals surface area contributed by atoms with E-state index in [9.17, 15) is 14.9 Å². The molecular formula is C20H19N5O3S. The van der Waals surface area contributed by atoms with Gasteiger partial charge in [0.05, 0.1) is 16.3 Å². The van der Waals surface area contributed by atoms with E-state index in [4.69, 9.17) is 4.74 Å². The molecule has 0 aliphatic heterocycles. The maximum atomic E-state index is 12.5. The molecule has 0 bridgehead atoms. The van der Waals surface area contributed by atoms with Crippen LogP contribution in [0.2, 0.25) is 0 Å². The molecule has 0 aliphatic carbocycles. The molecular weight excluding hydrogens is 390 g/mol. The number of rotatable bonds is 6. The maximum absolute atomic E-state index is 12.5. The van der Waals surface area contributed by atoms with Gasteiger partial charge in [-0.25, -0.2) is 19.7 Å². The van der Waals surface area contributed by atoms with Gasteiger partial charge in [0.2, 0.25) is 0 Å². The number of benzene rings is 1. The van der Waals surface area contributed by atoms with E-state index < -0.39 is 24.0 Å². The van der Waals surface area contributed by atoms with Crippen LogP contribution in [0.5, 0.6) is 0 Å². The third-order valence-electron chi connectivity index (χ3n) is 4.51. The van der Waals surface area contributed by atoms with Crippen molar-refractivity contribution in [2.24, 2.45) is 5.92 Å². The number of aromatic nitrogens is 3. The van der Waals surface area contributed by atoms with Crippen LogP contribution in [0.25, 0.3) is 20.9 Å². The number of esters is 1. The lowest BCUT2D eigenvalue weighted by atomic mass is 9.90. The Kier molecular flexibility index (Phi) is 5.84. The van der Waals surface area contributed by atoms with Crippen LogP contribution < -0.4 is 5.32 Å². The smallest absolute Gasteiger partial charge is 0.359 e. The summed E-state index contributed by atoms with van der Waals surface area (Å²) in [6.07, 6.45) is 2.84. The summed E-state index contributed by atoms with van der Waals surface area (Å²) >= 11 is 1.38. The van der Waals surface area contributed by atoms with E-state index in [2.05, 4.69) is 26.3 Å². The van der Waals surface area contributed by atoms with Crippen molar-refractivity contribution in [1.82, 2.24) is 20.3 Å². The van der Waals surface area contributed by atoms with Gasteiger partial charge in [0, 0.05) is 12.4 Å². The van der Waals surface area contributed by atoms with Gasteiger partial charge in [-0.2, -0.15) is 5.26 Å². The molecule has 2 heterocycles. The Morgan fingerprint density at radius 1 is 1.28 bits per heavy atom. The standard InChI is InChI=1S/C20H19N5O3S/c1-12(2)20(3,11-21)25-15(26)10-28-19(27)17-16(22-8-9-23-17)18-24-13-6-4-5-7-14(13)29-18/h4-9,12H,10H2,1-3H3,(H,25,26)/t20-/m1/s1. The van der Waals surface area contributed by atoms with Crippen LogP contribution in [-0.2, 0) is 9.53 Å². The normalized spacial score (nSPS) is 12.9. The van der Waals surface area contributed by atoms with Crippen molar-refractivity contribution in [2.45, 2.75) is 26.3 Å². The molecule has 29 heavy (non-hydrogen) atoms. The van der Waals surface area contributed by atoms with E-state index in [1.807, 2.05) is 38.1 Å². The summed E-state index contributed by atoms with van der Waals surface area (Å²) in [5.74, 6) is -1.47. The fourth-order valence-electron chi connectivity index (χ4n) is 2.44. The Hall–Kier alpha value is -3.38. The quantitative estimate of drug-likeness (QED) is 0.622. The summed E-state index contributed by atoms with van der Waals surface area (Å²) in [5.41, 5.74) is 0.0121. The molecule has 148 valence electrons. The van der Waals surface area contributed by atoms with Gasteiger partial charge in [-0.1, -0.05) is 26.0 Å². The number of carbonyl (C=O) groups excluding carboxylic acids is 2. The van der Waals surface area contributed by atoms with Crippen molar-refractivity contribution >= 4 is 33.4 Å². The first-order chi connectivity index (χ1) is 13.8. The molecule has 0 saturated carbocycles. The number of ether oxygens (including phenoxy) is 1. The van der Waals surface area contributed by atoms with Gasteiger partial charge >= 0.3 is 5.97 Å². The van der Waals surface area contributed by atoms with Crippen molar-refractivity contribution < 1.29 is 14.3 Å². The minimum Gasteiger partial charge on any atom is -0.451 e. The van der Waals surface area contributed by atoms with E-state index in [0.29, 0.717) is 10.7 Å². The lowest BCUT2D eigenvalue weighted by molar-refractivity contribution is -0.125. The Balaban J connectivity index is 1.75. The molecule has 3 aromatic rings. The van der Waals surface area contributed by atoms with Crippen molar-refractivity contribution in [2.75, 3.05) is 6.61 Å². The number of fused-ring (bicyclic) bond motifs is 1. The van der Waals surface area contributed by atoms with Gasteiger partial charge in [0.15, 0.2) is 12.3 Å². The van der Waals surface area contributed by atoms with E-state index >= 15 is 0 Å². The third-order valence-corrected chi connectivity index (χ3v) is 5.55. The number of amides is 1. The Bertz CT molecular complexity index is 1070. The number of para-hydroxylation sites is 1. The van der Waals surface area contributed by atoms with Gasteiger partial charge < -0.3 is 10.1 Å². The first-order valence-corrected chi connectivity index (χ1v) is 9.72. The third kappa shape index (κ3) is 4.38. The van der Waals surface area contributed by atoms with Gasteiger partial charge in [0.25, 0.3) is 5.91 Å². The molecule has 1 N–H and O–H groups in total. The zero-order chi connectivity index (χ0) is 21.0. The SMILES string of the molecule is CC(C)[C@@](C)(C#N)NC(=O)COC(=O)c1nccnc1-c1nc2ccccc2s1. The number of carbonyl (C=O) groups is 2. The van der Waals surface area contributed by atoms with Crippen LogP contribution >= 0.6 is 11.3 Å². The molecule has 8 nitrogen and oxygen atoms in total. The summed E-state index contributed by atoms with van der Waals surface area (Å²) in [5, 5.41) is 12.4. The molecule has 9 heteroatoms. The predicted octanol–water partition coefficient (Wildman–Crippen LogP) is 2.96. The van der Waals surface area contributed by atoms with E-state index in [-0.39, 0.29) is 11.6 Å². The Labute approximate surface area is 171 Å². The molecule has 1 aromatic carbocycles. The number of nitrogens with zero attached hydrogens (tertiary/aromatic N) is 4. The van der Waals surface area contributed by atoms with Gasteiger partial charge in [-0.3, -0.25) is 4.79 Å². The number of nitrogens with one attached hydrogen (secondary N) is 1. The summed E-state index contributed by atoms with van der Waals surface area (Å²) in [6, 6.07) is 9.65. The fourth-order valence-corrected chi connectivity index (χ4v) is 3.41. The van der Waals surface area contributed by atoms with Gasteiger partial charge in [-0.05, 0) is 25.0 Å². The van der Waals surface area contributed by atoms with Crippen LogP contribution in [0.1, 0.15) is 31.3 Å². The van der Waals surface area contributed by atoms with Crippen LogP contribution in [0.3, 0.4) is 0 Å². The van der Waals surface area contributed by atoms with E-state index in [1.54, 1.807) is 6.92 Å². The average Bonchev–Trinajstić information content (AvgIpc) is 3.16. The van der Waals surface area contributed by atoms with Crippen molar-refractivity contribution in [3.63, 3.8) is 0 Å². The van der Waals surface area contributed by atoms with Crippen LogP contribution in [-0.4, -0.2) is 39.0 Å². The number of thiazole rings is 1. The highest BCUT2D eigenvalue weighted by Gasteiger charge is 2.30.